The number of ether oxygens (including phenoxy) is 2. The van der Waals surface area contributed by atoms with E-state index in [1.54, 1.807) is 20.5 Å². The average Bonchev–Trinajstić information content (AvgIpc) is 2.87. The van der Waals surface area contributed by atoms with Gasteiger partial charge in [-0.25, -0.2) is 0 Å². The van der Waals surface area contributed by atoms with Crippen molar-refractivity contribution in [2.45, 2.75) is 13.0 Å². The van der Waals surface area contributed by atoms with Crippen LogP contribution in [-0.4, -0.2) is 21.3 Å². The Morgan fingerprint density at radius 2 is 1.80 bits per heavy atom. The SMILES string of the molecule is CNC(c1coc(C)c1)c1cc(OC)c(OC)cc1Br. The zero-order chi connectivity index (χ0) is 14.7. The molecule has 1 unspecified atom stereocenters. The third-order valence-electron chi connectivity index (χ3n) is 3.19. The first-order valence-corrected chi connectivity index (χ1v) is 7.03. The van der Waals surface area contributed by atoms with Crippen molar-refractivity contribution in [3.8, 4) is 11.5 Å². The maximum Gasteiger partial charge on any atom is 0.161 e. The van der Waals surface area contributed by atoms with Gasteiger partial charge in [-0.05, 0) is 37.7 Å². The lowest BCUT2D eigenvalue weighted by Crippen LogP contribution is -2.17. The van der Waals surface area contributed by atoms with Crippen molar-refractivity contribution in [3.05, 3.63) is 45.8 Å². The van der Waals surface area contributed by atoms with E-state index in [0.717, 1.165) is 21.4 Å². The third kappa shape index (κ3) is 2.83. The summed E-state index contributed by atoms with van der Waals surface area (Å²) in [5.41, 5.74) is 2.13. The van der Waals surface area contributed by atoms with Crippen LogP contribution in [0.4, 0.5) is 0 Å². The quantitative estimate of drug-likeness (QED) is 0.902. The summed E-state index contributed by atoms with van der Waals surface area (Å²) in [5.74, 6) is 2.28. The summed E-state index contributed by atoms with van der Waals surface area (Å²) in [6.07, 6.45) is 1.76. The molecule has 1 aromatic carbocycles. The Bertz CT molecular complexity index is 595. The fraction of sp³-hybridized carbons (Fsp3) is 0.333. The maximum atomic E-state index is 5.40. The van der Waals surface area contributed by atoms with E-state index in [1.807, 2.05) is 32.2 Å². The Balaban J connectivity index is 2.49. The van der Waals surface area contributed by atoms with Gasteiger partial charge in [0.2, 0.25) is 0 Å². The lowest BCUT2D eigenvalue weighted by molar-refractivity contribution is 0.354. The Morgan fingerprint density at radius 1 is 1.15 bits per heavy atom. The van der Waals surface area contributed by atoms with Gasteiger partial charge in [0, 0.05) is 10.0 Å². The van der Waals surface area contributed by atoms with E-state index in [9.17, 15) is 0 Å². The highest BCUT2D eigenvalue weighted by molar-refractivity contribution is 9.10. The van der Waals surface area contributed by atoms with Crippen molar-refractivity contribution in [1.29, 1.82) is 0 Å². The lowest BCUT2D eigenvalue weighted by atomic mass is 10.0. The average molecular weight is 340 g/mol. The molecule has 5 heteroatoms. The number of nitrogens with one attached hydrogen (secondary N) is 1. The van der Waals surface area contributed by atoms with E-state index >= 15 is 0 Å². The van der Waals surface area contributed by atoms with Crippen LogP contribution in [0.15, 0.2) is 33.4 Å². The fourth-order valence-corrected chi connectivity index (χ4v) is 2.76. The molecule has 0 fully saturated rings. The Hall–Kier alpha value is -1.46. The molecule has 0 aliphatic heterocycles. The first-order valence-electron chi connectivity index (χ1n) is 6.24. The van der Waals surface area contributed by atoms with Crippen LogP contribution in [0.25, 0.3) is 0 Å². The number of benzene rings is 1. The first kappa shape index (κ1) is 14.9. The molecule has 20 heavy (non-hydrogen) atoms. The Labute approximate surface area is 127 Å². The summed E-state index contributed by atoms with van der Waals surface area (Å²) in [7, 11) is 5.17. The van der Waals surface area contributed by atoms with Gasteiger partial charge in [-0.2, -0.15) is 0 Å². The molecule has 0 radical (unpaired) electrons. The topological polar surface area (TPSA) is 43.6 Å². The van der Waals surface area contributed by atoms with Gasteiger partial charge in [0.15, 0.2) is 11.5 Å². The number of hydrogen-bond donors (Lipinski definition) is 1. The summed E-state index contributed by atoms with van der Waals surface area (Å²) in [4.78, 5) is 0. The molecule has 108 valence electrons. The molecule has 1 heterocycles. The maximum absolute atomic E-state index is 5.40. The molecule has 1 atom stereocenters. The van der Waals surface area contributed by atoms with Crippen LogP contribution < -0.4 is 14.8 Å². The second-order valence-corrected chi connectivity index (χ2v) is 5.30. The Morgan fingerprint density at radius 3 is 2.30 bits per heavy atom. The molecule has 2 rings (SSSR count). The molecule has 0 saturated carbocycles. The summed E-state index contributed by atoms with van der Waals surface area (Å²) in [6.45, 7) is 1.93. The second kappa shape index (κ2) is 6.33. The largest absolute Gasteiger partial charge is 0.493 e. The number of rotatable bonds is 5. The van der Waals surface area contributed by atoms with Gasteiger partial charge in [-0.3, -0.25) is 0 Å². The minimum absolute atomic E-state index is 0.0154. The van der Waals surface area contributed by atoms with Crippen LogP contribution in [0.2, 0.25) is 0 Å². The van der Waals surface area contributed by atoms with E-state index in [2.05, 4.69) is 21.2 Å². The van der Waals surface area contributed by atoms with Crippen LogP contribution in [0.1, 0.15) is 22.9 Å². The molecule has 1 N–H and O–H groups in total. The summed E-state index contributed by atoms with van der Waals surface area (Å²) in [6, 6.07) is 5.91. The van der Waals surface area contributed by atoms with Crippen LogP contribution in [0.3, 0.4) is 0 Å². The number of aryl methyl sites for hydroxylation is 1. The van der Waals surface area contributed by atoms with E-state index < -0.39 is 0 Å². The number of methoxy groups -OCH3 is 2. The third-order valence-corrected chi connectivity index (χ3v) is 3.87. The van der Waals surface area contributed by atoms with Gasteiger partial charge in [0.1, 0.15) is 5.76 Å². The summed E-state index contributed by atoms with van der Waals surface area (Å²) < 4.78 is 17.0. The van der Waals surface area contributed by atoms with Crippen molar-refractivity contribution in [2.75, 3.05) is 21.3 Å². The minimum Gasteiger partial charge on any atom is -0.493 e. The van der Waals surface area contributed by atoms with Gasteiger partial charge >= 0.3 is 0 Å². The molecule has 0 bridgehead atoms. The molecule has 2 aromatic rings. The van der Waals surface area contributed by atoms with Crippen molar-refractivity contribution in [3.63, 3.8) is 0 Å². The molecule has 4 nitrogen and oxygen atoms in total. The van der Waals surface area contributed by atoms with E-state index in [-0.39, 0.29) is 6.04 Å². The van der Waals surface area contributed by atoms with Gasteiger partial charge in [0.05, 0.1) is 26.5 Å². The molecule has 1 aromatic heterocycles. The highest BCUT2D eigenvalue weighted by Crippen LogP contribution is 2.38. The van der Waals surface area contributed by atoms with Gasteiger partial charge in [-0.1, -0.05) is 15.9 Å². The van der Waals surface area contributed by atoms with Crippen molar-refractivity contribution >= 4 is 15.9 Å². The first-order chi connectivity index (χ1) is 9.60. The zero-order valence-corrected chi connectivity index (χ0v) is 13.6. The van der Waals surface area contributed by atoms with Gasteiger partial charge < -0.3 is 19.2 Å². The molecular weight excluding hydrogens is 322 g/mol. The van der Waals surface area contributed by atoms with Crippen LogP contribution in [0, 0.1) is 6.92 Å². The highest BCUT2D eigenvalue weighted by Gasteiger charge is 2.19. The molecule has 0 aliphatic rings. The minimum atomic E-state index is 0.0154. The van der Waals surface area contributed by atoms with E-state index in [1.165, 1.54) is 0 Å². The lowest BCUT2D eigenvalue weighted by Gasteiger charge is -2.19. The molecule has 0 saturated heterocycles. The highest BCUT2D eigenvalue weighted by atomic mass is 79.9. The van der Waals surface area contributed by atoms with Gasteiger partial charge in [-0.15, -0.1) is 0 Å². The van der Waals surface area contributed by atoms with Crippen LogP contribution >= 0.6 is 15.9 Å². The monoisotopic (exact) mass is 339 g/mol. The van der Waals surface area contributed by atoms with Crippen molar-refractivity contribution in [1.82, 2.24) is 5.32 Å². The van der Waals surface area contributed by atoms with Crippen molar-refractivity contribution in [2.24, 2.45) is 0 Å². The predicted octanol–water partition coefficient (Wildman–Crippen LogP) is 3.68. The second-order valence-electron chi connectivity index (χ2n) is 4.44. The number of furan rings is 1. The van der Waals surface area contributed by atoms with Crippen LogP contribution in [-0.2, 0) is 0 Å². The van der Waals surface area contributed by atoms with E-state index in [0.29, 0.717) is 11.5 Å². The molecule has 0 aliphatic carbocycles. The van der Waals surface area contributed by atoms with Crippen molar-refractivity contribution < 1.29 is 13.9 Å². The summed E-state index contributed by atoms with van der Waals surface area (Å²) >= 11 is 3.59. The smallest absolute Gasteiger partial charge is 0.161 e. The van der Waals surface area contributed by atoms with E-state index in [4.69, 9.17) is 13.9 Å². The Kier molecular flexibility index (Phi) is 4.73. The zero-order valence-electron chi connectivity index (χ0n) is 12.0. The predicted molar refractivity (Wildman–Crippen MR) is 81.6 cm³/mol. The fourth-order valence-electron chi connectivity index (χ4n) is 2.21. The normalized spacial score (nSPS) is 12.2. The molecule has 0 spiro atoms. The number of halogens is 1. The summed E-state index contributed by atoms with van der Waals surface area (Å²) in [5, 5.41) is 3.29. The van der Waals surface area contributed by atoms with Gasteiger partial charge in [0.25, 0.3) is 0 Å². The molecular formula is C15H18BrNO3. The molecule has 0 amide bonds. The van der Waals surface area contributed by atoms with Crippen LogP contribution in [0.5, 0.6) is 11.5 Å². The standard InChI is InChI=1S/C15H18BrNO3/c1-9-5-10(8-20-9)15(17-2)11-6-13(18-3)14(19-4)7-12(11)16/h5-8,15,17H,1-4H3. The number of hydrogen-bond acceptors (Lipinski definition) is 4.